The third-order valence-electron chi connectivity index (χ3n) is 2.13. The topological polar surface area (TPSA) is 40.5 Å². The van der Waals surface area contributed by atoms with E-state index in [1.54, 1.807) is 6.07 Å². The lowest BCUT2D eigenvalue weighted by Crippen LogP contribution is -2.09. The third-order valence-corrected chi connectivity index (χ3v) is 3.21. The van der Waals surface area contributed by atoms with Crippen molar-refractivity contribution in [2.45, 2.75) is 24.1 Å². The molecule has 0 aromatic heterocycles. The van der Waals surface area contributed by atoms with Gasteiger partial charge in [0.05, 0.1) is 12.2 Å². The van der Waals surface area contributed by atoms with E-state index in [-0.39, 0.29) is 12.2 Å². The number of aliphatic hydroxyl groups excluding tert-OH is 2. The van der Waals surface area contributed by atoms with Crippen molar-refractivity contribution >= 4 is 11.8 Å². The second-order valence-electron chi connectivity index (χ2n) is 3.40. The number of alkyl halides is 3. The zero-order valence-corrected chi connectivity index (χ0v) is 9.81. The van der Waals surface area contributed by atoms with Crippen molar-refractivity contribution in [1.29, 1.82) is 0 Å². The maximum atomic E-state index is 12.6. The van der Waals surface area contributed by atoms with Gasteiger partial charge in [0, 0.05) is 17.3 Å². The van der Waals surface area contributed by atoms with Crippen LogP contribution in [0.25, 0.3) is 0 Å². The molecule has 0 aliphatic carbocycles. The lowest BCUT2D eigenvalue weighted by molar-refractivity contribution is -0.138. The van der Waals surface area contributed by atoms with E-state index in [1.807, 2.05) is 0 Å². The largest absolute Gasteiger partial charge is 0.416 e. The van der Waals surface area contributed by atoms with Gasteiger partial charge in [0.2, 0.25) is 0 Å². The highest BCUT2D eigenvalue weighted by molar-refractivity contribution is 7.99. The molecule has 96 valence electrons. The second-order valence-corrected chi connectivity index (χ2v) is 4.57. The molecule has 0 aliphatic heterocycles. The summed E-state index contributed by atoms with van der Waals surface area (Å²) in [4.78, 5) is 0.489. The van der Waals surface area contributed by atoms with Gasteiger partial charge in [-0.1, -0.05) is 6.07 Å². The summed E-state index contributed by atoms with van der Waals surface area (Å²) in [5.74, 6) is 0.562. The molecule has 1 rings (SSSR count). The van der Waals surface area contributed by atoms with E-state index >= 15 is 0 Å². The van der Waals surface area contributed by atoms with Crippen molar-refractivity contribution in [3.05, 3.63) is 29.3 Å². The van der Waals surface area contributed by atoms with E-state index in [0.717, 1.165) is 6.07 Å². The van der Waals surface area contributed by atoms with Gasteiger partial charge in [-0.3, -0.25) is 0 Å². The van der Waals surface area contributed by atoms with Crippen molar-refractivity contribution in [3.8, 4) is 0 Å². The molecule has 0 amide bonds. The van der Waals surface area contributed by atoms with Crippen LogP contribution >= 0.6 is 11.8 Å². The van der Waals surface area contributed by atoms with E-state index < -0.39 is 18.3 Å². The van der Waals surface area contributed by atoms with Crippen LogP contribution in [0.4, 0.5) is 13.2 Å². The summed E-state index contributed by atoms with van der Waals surface area (Å²) < 4.78 is 37.9. The molecule has 0 spiro atoms. The Labute approximate surface area is 101 Å². The Morgan fingerprint density at radius 1 is 1.18 bits per heavy atom. The van der Waals surface area contributed by atoms with Crippen molar-refractivity contribution in [2.75, 3.05) is 12.4 Å². The van der Waals surface area contributed by atoms with Crippen LogP contribution in [0.1, 0.15) is 17.5 Å². The van der Waals surface area contributed by atoms with Gasteiger partial charge < -0.3 is 10.2 Å². The molecule has 0 radical (unpaired) electrons. The van der Waals surface area contributed by atoms with Crippen LogP contribution in [-0.4, -0.2) is 22.6 Å². The first kappa shape index (κ1) is 14.3. The first-order chi connectivity index (χ1) is 7.99. The van der Waals surface area contributed by atoms with Crippen LogP contribution in [0.3, 0.4) is 0 Å². The van der Waals surface area contributed by atoms with Crippen LogP contribution in [0.2, 0.25) is 0 Å². The predicted molar refractivity (Wildman–Crippen MR) is 59.8 cm³/mol. The Hall–Kier alpha value is -0.720. The number of hydrogen-bond acceptors (Lipinski definition) is 3. The third kappa shape index (κ3) is 4.22. The minimum absolute atomic E-state index is 0.0217. The minimum atomic E-state index is -4.45. The number of hydrogen-bond donors (Lipinski definition) is 2. The lowest BCUT2D eigenvalue weighted by atomic mass is 10.1. The quantitative estimate of drug-likeness (QED) is 0.636. The van der Waals surface area contributed by atoms with Crippen molar-refractivity contribution < 1.29 is 23.4 Å². The normalized spacial score (nSPS) is 11.8. The zero-order chi connectivity index (χ0) is 12.9. The van der Waals surface area contributed by atoms with Gasteiger partial charge in [-0.15, -0.1) is 11.8 Å². The predicted octanol–water partition coefficient (Wildman–Crippen LogP) is 2.67. The molecule has 2 nitrogen and oxygen atoms in total. The minimum Gasteiger partial charge on any atom is -0.396 e. The Morgan fingerprint density at radius 2 is 1.88 bits per heavy atom. The maximum Gasteiger partial charge on any atom is 0.416 e. The highest BCUT2D eigenvalue weighted by Crippen LogP contribution is 2.34. The van der Waals surface area contributed by atoms with E-state index in [2.05, 4.69) is 0 Å². The lowest BCUT2D eigenvalue weighted by Gasteiger charge is -2.12. The average molecular weight is 266 g/mol. The molecular formula is C11H13F3O2S. The Kier molecular flexibility index (Phi) is 5.30. The van der Waals surface area contributed by atoms with E-state index in [1.165, 1.54) is 17.8 Å². The van der Waals surface area contributed by atoms with Gasteiger partial charge in [0.15, 0.2) is 0 Å². The number of aliphatic hydroxyl groups is 2. The molecule has 0 unspecified atom stereocenters. The monoisotopic (exact) mass is 266 g/mol. The molecule has 1 aromatic carbocycles. The van der Waals surface area contributed by atoms with Crippen molar-refractivity contribution in [2.24, 2.45) is 0 Å². The molecule has 0 bridgehead atoms. The molecule has 0 saturated heterocycles. The first-order valence-corrected chi connectivity index (χ1v) is 6.02. The van der Waals surface area contributed by atoms with E-state index in [9.17, 15) is 13.2 Å². The summed E-state index contributed by atoms with van der Waals surface area (Å²) >= 11 is 1.25. The fraction of sp³-hybridized carbons (Fsp3) is 0.455. The molecule has 0 saturated carbocycles. The van der Waals surface area contributed by atoms with Gasteiger partial charge in [0.25, 0.3) is 0 Å². The summed E-state index contributed by atoms with van der Waals surface area (Å²) in [5.41, 5.74) is -0.919. The summed E-state index contributed by atoms with van der Waals surface area (Å²) in [6.45, 7) is -0.607. The van der Waals surface area contributed by atoms with Crippen molar-refractivity contribution in [3.63, 3.8) is 0 Å². The van der Waals surface area contributed by atoms with Crippen molar-refractivity contribution in [1.82, 2.24) is 0 Å². The number of rotatable bonds is 5. The van der Waals surface area contributed by atoms with Gasteiger partial charge in [-0.25, -0.2) is 0 Å². The Balaban J connectivity index is 2.89. The molecule has 1 aromatic rings. The molecule has 0 heterocycles. The smallest absolute Gasteiger partial charge is 0.396 e. The number of halogens is 3. The Bertz CT molecular complexity index is 366. The van der Waals surface area contributed by atoms with Gasteiger partial charge in [-0.05, 0) is 24.1 Å². The summed E-state index contributed by atoms with van der Waals surface area (Å²) in [6, 6.07) is 3.86. The number of benzene rings is 1. The highest BCUT2D eigenvalue weighted by Gasteiger charge is 2.33. The molecule has 0 fully saturated rings. The number of thioether (sulfide) groups is 1. The van der Waals surface area contributed by atoms with Crippen LogP contribution in [0.5, 0.6) is 0 Å². The van der Waals surface area contributed by atoms with Crippen LogP contribution < -0.4 is 0 Å². The molecule has 6 heteroatoms. The van der Waals surface area contributed by atoms with Gasteiger partial charge in [-0.2, -0.15) is 13.2 Å². The van der Waals surface area contributed by atoms with Crippen LogP contribution in [0.15, 0.2) is 23.1 Å². The summed E-state index contributed by atoms with van der Waals surface area (Å²) in [6.07, 6.45) is -3.92. The fourth-order valence-electron chi connectivity index (χ4n) is 1.30. The summed E-state index contributed by atoms with van der Waals surface area (Å²) in [7, 11) is 0. The SMILES string of the molecule is OCCCSc1ccc(CO)c(C(F)(F)F)c1. The Morgan fingerprint density at radius 3 is 2.41 bits per heavy atom. The van der Waals surface area contributed by atoms with Crippen LogP contribution in [0, 0.1) is 0 Å². The molecule has 17 heavy (non-hydrogen) atoms. The highest BCUT2D eigenvalue weighted by atomic mass is 32.2. The molecule has 0 atom stereocenters. The van der Waals surface area contributed by atoms with Crippen LogP contribution in [-0.2, 0) is 12.8 Å². The van der Waals surface area contributed by atoms with Gasteiger partial charge in [0.1, 0.15) is 0 Å². The maximum absolute atomic E-state index is 12.6. The fourth-order valence-corrected chi connectivity index (χ4v) is 2.18. The average Bonchev–Trinajstić information content (AvgIpc) is 2.28. The molecule has 2 N–H and O–H groups in total. The second kappa shape index (κ2) is 6.28. The molecular weight excluding hydrogens is 253 g/mol. The molecule has 0 aliphatic rings. The first-order valence-electron chi connectivity index (χ1n) is 5.03. The van der Waals surface area contributed by atoms with E-state index in [0.29, 0.717) is 17.1 Å². The van der Waals surface area contributed by atoms with E-state index in [4.69, 9.17) is 10.2 Å². The zero-order valence-electron chi connectivity index (χ0n) is 9.00. The van der Waals surface area contributed by atoms with Gasteiger partial charge >= 0.3 is 6.18 Å². The summed E-state index contributed by atoms with van der Waals surface area (Å²) in [5, 5.41) is 17.4. The standard InChI is InChI=1S/C11H13F3O2S/c12-11(13,14)10-6-9(17-5-1-4-15)3-2-8(10)7-16/h2-3,6,15-16H,1,4-5,7H2.